The number of rotatable bonds is 2. The molecule has 0 amide bonds. The van der Waals surface area contributed by atoms with Crippen LogP contribution in [0.5, 0.6) is 0 Å². The second-order valence-corrected chi connectivity index (χ2v) is 5.75. The maximum absolute atomic E-state index is 5.88. The Labute approximate surface area is 121 Å². The Kier molecular flexibility index (Phi) is 4.22. The Bertz CT molecular complexity index is 569. The number of hydrogen-bond acceptors (Lipinski definition) is 2. The quantitative estimate of drug-likeness (QED) is 0.889. The lowest BCUT2D eigenvalue weighted by Crippen LogP contribution is -2.27. The summed E-state index contributed by atoms with van der Waals surface area (Å²) in [7, 11) is 0. The smallest absolute Gasteiger partial charge is 0.0446 e. The normalized spacial score (nSPS) is 16.9. The van der Waals surface area contributed by atoms with Crippen LogP contribution in [-0.4, -0.2) is 13.1 Å². The van der Waals surface area contributed by atoms with Crippen LogP contribution in [0.4, 0.5) is 5.69 Å². The third-order valence-corrected chi connectivity index (χ3v) is 4.41. The summed E-state index contributed by atoms with van der Waals surface area (Å²) in [5.74, 6) is 0. The molecule has 0 radical (unpaired) electrons. The van der Waals surface area contributed by atoms with Gasteiger partial charge < -0.3 is 10.6 Å². The van der Waals surface area contributed by atoms with E-state index >= 15 is 0 Å². The molecule has 3 rings (SSSR count). The van der Waals surface area contributed by atoms with Crippen molar-refractivity contribution in [2.45, 2.75) is 38.6 Å². The van der Waals surface area contributed by atoms with Crippen molar-refractivity contribution in [2.24, 2.45) is 5.73 Å². The van der Waals surface area contributed by atoms with Crippen LogP contribution in [0.3, 0.4) is 0 Å². The first-order valence-electron chi connectivity index (χ1n) is 7.86. The lowest BCUT2D eigenvalue weighted by molar-refractivity contribution is 0.557. The average Bonchev–Trinajstić information content (AvgIpc) is 2.46. The van der Waals surface area contributed by atoms with Crippen molar-refractivity contribution in [1.82, 2.24) is 0 Å². The molecule has 2 aromatic carbocycles. The molecule has 1 saturated heterocycles. The third-order valence-electron chi connectivity index (χ3n) is 4.41. The second-order valence-electron chi connectivity index (χ2n) is 5.75. The molecule has 106 valence electrons. The summed E-state index contributed by atoms with van der Waals surface area (Å²) in [4.78, 5) is 2.57. The van der Waals surface area contributed by atoms with Gasteiger partial charge in [0.1, 0.15) is 0 Å². The average molecular weight is 268 g/mol. The summed E-state index contributed by atoms with van der Waals surface area (Å²) >= 11 is 0. The van der Waals surface area contributed by atoms with Crippen LogP contribution in [0, 0.1) is 0 Å². The standard InChI is InChI=1S/C18H24N2/c19-14-15-10-11-18(17-9-5-4-8-16(15)17)20-12-6-2-1-3-7-13-20/h4-5,8-11H,1-3,6-7,12-14,19H2. The van der Waals surface area contributed by atoms with E-state index in [1.807, 2.05) is 0 Å². The molecule has 0 saturated carbocycles. The van der Waals surface area contributed by atoms with E-state index in [4.69, 9.17) is 5.73 Å². The van der Waals surface area contributed by atoms with Gasteiger partial charge in [0.25, 0.3) is 0 Å². The van der Waals surface area contributed by atoms with Gasteiger partial charge in [-0.05, 0) is 29.9 Å². The first-order valence-corrected chi connectivity index (χ1v) is 7.86. The van der Waals surface area contributed by atoms with Gasteiger partial charge in [0.05, 0.1) is 0 Å². The van der Waals surface area contributed by atoms with Crippen LogP contribution in [0.25, 0.3) is 10.8 Å². The SMILES string of the molecule is NCc1ccc(N2CCCCCCC2)c2ccccc12. The number of benzene rings is 2. The zero-order valence-electron chi connectivity index (χ0n) is 12.1. The molecule has 2 nitrogen and oxygen atoms in total. The summed E-state index contributed by atoms with van der Waals surface area (Å²) in [6.07, 6.45) is 6.77. The van der Waals surface area contributed by atoms with Gasteiger partial charge in [-0.25, -0.2) is 0 Å². The van der Waals surface area contributed by atoms with Crippen LogP contribution in [-0.2, 0) is 6.54 Å². The molecular weight excluding hydrogens is 244 g/mol. The minimum absolute atomic E-state index is 0.612. The van der Waals surface area contributed by atoms with Crippen molar-refractivity contribution < 1.29 is 0 Å². The highest BCUT2D eigenvalue weighted by molar-refractivity contribution is 5.96. The van der Waals surface area contributed by atoms with Gasteiger partial charge in [0.2, 0.25) is 0 Å². The summed E-state index contributed by atoms with van der Waals surface area (Å²) in [6.45, 7) is 2.98. The third kappa shape index (κ3) is 2.66. The molecule has 1 aliphatic rings. The lowest BCUT2D eigenvalue weighted by Gasteiger charge is -2.28. The molecule has 1 heterocycles. The van der Waals surface area contributed by atoms with Gasteiger partial charge in [0, 0.05) is 30.7 Å². The van der Waals surface area contributed by atoms with Gasteiger partial charge in [0.15, 0.2) is 0 Å². The van der Waals surface area contributed by atoms with Crippen molar-refractivity contribution in [3.63, 3.8) is 0 Å². The maximum Gasteiger partial charge on any atom is 0.0446 e. The minimum atomic E-state index is 0.612. The Morgan fingerprint density at radius 3 is 2.15 bits per heavy atom. The lowest BCUT2D eigenvalue weighted by atomic mass is 10.0. The molecule has 0 unspecified atom stereocenters. The van der Waals surface area contributed by atoms with E-state index < -0.39 is 0 Å². The predicted molar refractivity (Wildman–Crippen MR) is 87.1 cm³/mol. The Morgan fingerprint density at radius 2 is 1.45 bits per heavy atom. The van der Waals surface area contributed by atoms with Crippen LogP contribution < -0.4 is 10.6 Å². The van der Waals surface area contributed by atoms with E-state index in [0.717, 1.165) is 0 Å². The van der Waals surface area contributed by atoms with Crippen molar-refractivity contribution in [3.8, 4) is 0 Å². The number of nitrogens with zero attached hydrogens (tertiary/aromatic N) is 1. The summed E-state index contributed by atoms with van der Waals surface area (Å²) < 4.78 is 0. The first-order chi connectivity index (χ1) is 9.90. The van der Waals surface area contributed by atoms with E-state index in [-0.39, 0.29) is 0 Å². The largest absolute Gasteiger partial charge is 0.371 e. The van der Waals surface area contributed by atoms with Gasteiger partial charge in [-0.2, -0.15) is 0 Å². The highest BCUT2D eigenvalue weighted by atomic mass is 15.1. The summed E-state index contributed by atoms with van der Waals surface area (Å²) in [5, 5.41) is 2.67. The molecule has 0 atom stereocenters. The zero-order chi connectivity index (χ0) is 13.8. The van der Waals surface area contributed by atoms with Gasteiger partial charge >= 0.3 is 0 Å². The monoisotopic (exact) mass is 268 g/mol. The topological polar surface area (TPSA) is 29.3 Å². The number of hydrogen-bond donors (Lipinski definition) is 1. The molecular formula is C18H24N2. The van der Waals surface area contributed by atoms with E-state index in [1.165, 1.54) is 67.2 Å². The molecule has 0 bridgehead atoms. The fourth-order valence-electron chi connectivity index (χ4n) is 3.29. The first kappa shape index (κ1) is 13.4. The van der Waals surface area contributed by atoms with Crippen LogP contribution in [0.1, 0.15) is 37.7 Å². The molecule has 2 heteroatoms. The molecule has 1 aliphatic heterocycles. The van der Waals surface area contributed by atoms with Crippen molar-refractivity contribution in [2.75, 3.05) is 18.0 Å². The second kappa shape index (κ2) is 6.27. The van der Waals surface area contributed by atoms with Crippen molar-refractivity contribution in [3.05, 3.63) is 42.0 Å². The number of anilines is 1. The Hall–Kier alpha value is -1.54. The van der Waals surface area contributed by atoms with E-state index in [2.05, 4.69) is 41.3 Å². The fourth-order valence-corrected chi connectivity index (χ4v) is 3.29. The number of nitrogens with two attached hydrogens (primary N) is 1. The highest BCUT2D eigenvalue weighted by Crippen LogP contribution is 2.30. The zero-order valence-corrected chi connectivity index (χ0v) is 12.1. The van der Waals surface area contributed by atoms with Gasteiger partial charge in [-0.15, -0.1) is 0 Å². The molecule has 2 aromatic rings. The highest BCUT2D eigenvalue weighted by Gasteiger charge is 2.13. The molecule has 0 aromatic heterocycles. The number of fused-ring (bicyclic) bond motifs is 1. The molecule has 1 fully saturated rings. The molecule has 2 N–H and O–H groups in total. The molecule has 0 aliphatic carbocycles. The van der Waals surface area contributed by atoms with E-state index in [0.29, 0.717) is 6.54 Å². The summed E-state index contributed by atoms with van der Waals surface area (Å²) in [5.41, 5.74) is 8.51. The summed E-state index contributed by atoms with van der Waals surface area (Å²) in [6, 6.07) is 13.2. The van der Waals surface area contributed by atoms with Crippen molar-refractivity contribution in [1.29, 1.82) is 0 Å². The van der Waals surface area contributed by atoms with E-state index in [1.54, 1.807) is 0 Å². The Balaban J connectivity index is 2.02. The van der Waals surface area contributed by atoms with Crippen LogP contribution in [0.2, 0.25) is 0 Å². The molecule has 0 spiro atoms. The maximum atomic E-state index is 5.88. The van der Waals surface area contributed by atoms with Gasteiger partial charge in [-0.1, -0.05) is 49.6 Å². The van der Waals surface area contributed by atoms with Crippen LogP contribution >= 0.6 is 0 Å². The van der Waals surface area contributed by atoms with Crippen LogP contribution in [0.15, 0.2) is 36.4 Å². The van der Waals surface area contributed by atoms with Gasteiger partial charge in [-0.3, -0.25) is 0 Å². The fraction of sp³-hybridized carbons (Fsp3) is 0.444. The Morgan fingerprint density at radius 1 is 0.800 bits per heavy atom. The minimum Gasteiger partial charge on any atom is -0.371 e. The predicted octanol–water partition coefficient (Wildman–Crippen LogP) is 4.07. The molecule has 20 heavy (non-hydrogen) atoms. The van der Waals surface area contributed by atoms with Crippen molar-refractivity contribution >= 4 is 16.5 Å². The van der Waals surface area contributed by atoms with E-state index in [9.17, 15) is 0 Å².